The number of hydrogen-bond acceptors (Lipinski definition) is 4. The fourth-order valence-corrected chi connectivity index (χ4v) is 8.49. The molecule has 0 aliphatic heterocycles. The molecule has 6 heteroatoms. The van der Waals surface area contributed by atoms with Crippen LogP contribution in [-0.2, 0) is 14.4 Å². The number of hydrogen-bond donors (Lipinski definition) is 0. The van der Waals surface area contributed by atoms with Crippen LogP contribution < -0.4 is 29.6 Å². The molecule has 0 aliphatic carbocycles. The summed E-state index contributed by atoms with van der Waals surface area (Å²) in [5.74, 6) is 0. The van der Waals surface area contributed by atoms with Crippen molar-refractivity contribution in [1.82, 2.24) is 0 Å². The second kappa shape index (κ2) is 37.9. The molecule has 1 N–H and O–H groups in total. The molecule has 0 saturated heterocycles. The summed E-state index contributed by atoms with van der Waals surface area (Å²) in [7, 11) is -1.37. The van der Waals surface area contributed by atoms with E-state index >= 15 is 0 Å². The zero-order valence-electron chi connectivity index (χ0n) is 23.9. The molecule has 0 radical (unpaired) electrons. The summed E-state index contributed by atoms with van der Waals surface area (Å²) >= 11 is 0. The van der Waals surface area contributed by atoms with Crippen LogP contribution in [0.1, 0.15) is 143 Å². The van der Waals surface area contributed by atoms with Crippen LogP contribution >= 0.6 is 7.26 Å². The van der Waals surface area contributed by atoms with E-state index in [1.54, 1.807) is 0 Å². The Morgan fingerprint density at radius 2 is 0.706 bits per heavy atom. The summed E-state index contributed by atoms with van der Waals surface area (Å²) < 4.78 is 0. The first kappa shape index (κ1) is 44.4. The van der Waals surface area contributed by atoms with Crippen LogP contribution in [0.25, 0.3) is 0 Å². The Bertz CT molecular complexity index is 341. The SMILES string of the molecule is C=O.C=O.CCCCCCCC[P+](CCCCCCCC)(CCCCCCCC)C(C)=O.[Na+].[OH-]. The monoisotopic (exact) mass is 513 g/mol. The molecule has 0 amide bonds. The molecule has 0 aliphatic rings. The van der Waals surface area contributed by atoms with E-state index in [-0.39, 0.29) is 35.0 Å². The smallest absolute Gasteiger partial charge is 0.870 e. The molecule has 0 heterocycles. The minimum absolute atomic E-state index is 0. The summed E-state index contributed by atoms with van der Waals surface area (Å²) in [6, 6.07) is 0. The van der Waals surface area contributed by atoms with Gasteiger partial charge in [0.1, 0.15) is 13.6 Å². The fourth-order valence-electron chi connectivity index (χ4n) is 4.39. The van der Waals surface area contributed by atoms with Gasteiger partial charge < -0.3 is 15.1 Å². The molecule has 0 aromatic rings. The molecular formula is C28H59NaO4P+. The van der Waals surface area contributed by atoms with Gasteiger partial charge in [-0.2, -0.15) is 0 Å². The van der Waals surface area contributed by atoms with Gasteiger partial charge in [0.25, 0.3) is 5.52 Å². The van der Waals surface area contributed by atoms with Crippen LogP contribution in [-0.4, -0.2) is 43.1 Å². The third-order valence-corrected chi connectivity index (χ3v) is 11.3. The number of unbranched alkanes of at least 4 members (excludes halogenated alkanes) is 15. The number of rotatable bonds is 22. The third-order valence-electron chi connectivity index (χ3n) is 6.49. The van der Waals surface area contributed by atoms with Crippen molar-refractivity contribution in [2.75, 3.05) is 18.5 Å². The van der Waals surface area contributed by atoms with Gasteiger partial charge in [-0.1, -0.05) is 97.8 Å². The minimum atomic E-state index is -1.37. The topological polar surface area (TPSA) is 81.2 Å². The second-order valence-corrected chi connectivity index (χ2v) is 13.4. The van der Waals surface area contributed by atoms with Gasteiger partial charge in [0.05, 0.1) is 25.7 Å². The van der Waals surface area contributed by atoms with Crippen molar-refractivity contribution in [3.63, 3.8) is 0 Å². The summed E-state index contributed by atoms with van der Waals surface area (Å²) in [5, 5.41) is 0. The van der Waals surface area contributed by atoms with E-state index < -0.39 is 7.26 Å². The van der Waals surface area contributed by atoms with Crippen molar-refractivity contribution < 1.29 is 49.4 Å². The molecule has 0 aromatic carbocycles. The molecule has 0 saturated carbocycles. The molecule has 0 aromatic heterocycles. The molecule has 0 atom stereocenters. The van der Waals surface area contributed by atoms with E-state index in [0.717, 1.165) is 0 Å². The average molecular weight is 514 g/mol. The number of carbonyl (C=O) groups is 3. The van der Waals surface area contributed by atoms with E-state index in [2.05, 4.69) is 20.8 Å². The Hall–Kier alpha value is 0.400. The summed E-state index contributed by atoms with van der Waals surface area (Å²) in [6.45, 7) is 12.8. The molecule has 200 valence electrons. The van der Waals surface area contributed by atoms with Crippen molar-refractivity contribution in [1.29, 1.82) is 0 Å². The van der Waals surface area contributed by atoms with Gasteiger partial charge in [-0.3, -0.25) is 4.79 Å². The molecule has 34 heavy (non-hydrogen) atoms. The zero-order valence-corrected chi connectivity index (χ0v) is 26.8. The van der Waals surface area contributed by atoms with Crippen molar-refractivity contribution in [2.45, 2.75) is 143 Å². The van der Waals surface area contributed by atoms with Crippen LogP contribution in [0.15, 0.2) is 0 Å². The van der Waals surface area contributed by atoms with Gasteiger partial charge in [-0.15, -0.1) is 0 Å². The average Bonchev–Trinajstić information content (AvgIpc) is 2.82. The third kappa shape index (κ3) is 28.6. The normalized spacial score (nSPS) is 10.0. The molecule has 0 unspecified atom stereocenters. The predicted octanol–water partition coefficient (Wildman–Crippen LogP) is 6.09. The maximum absolute atomic E-state index is 12.8. The molecule has 0 spiro atoms. The van der Waals surface area contributed by atoms with Crippen LogP contribution in [0.4, 0.5) is 0 Å². The van der Waals surface area contributed by atoms with Crippen LogP contribution in [0.3, 0.4) is 0 Å². The minimum Gasteiger partial charge on any atom is -0.870 e. The molecule has 0 rings (SSSR count). The van der Waals surface area contributed by atoms with E-state index in [9.17, 15) is 4.79 Å². The Kier molecular flexibility index (Phi) is 49.5. The molecule has 0 fully saturated rings. The van der Waals surface area contributed by atoms with Gasteiger partial charge in [-0.05, 0) is 38.5 Å². The predicted molar refractivity (Wildman–Crippen MR) is 149 cm³/mol. The van der Waals surface area contributed by atoms with E-state index in [1.807, 2.05) is 20.5 Å². The van der Waals surface area contributed by atoms with Crippen molar-refractivity contribution in [3.8, 4) is 0 Å². The maximum Gasteiger partial charge on any atom is 1.00 e. The Morgan fingerprint density at radius 1 is 0.500 bits per heavy atom. The standard InChI is InChI=1S/C26H54OP.2CH2O.Na.H2O/c1-5-8-11-14-17-20-23-28(26(4)27,24-21-18-15-12-9-6-2)25-22-19-16-13-10-7-3;2*1-2;;/h5-25H2,1-4H3;2*1H2;;1H2/q+1;;;+1;/p-1. The van der Waals surface area contributed by atoms with E-state index in [0.29, 0.717) is 5.52 Å². The van der Waals surface area contributed by atoms with E-state index in [1.165, 1.54) is 134 Å². The summed E-state index contributed by atoms with van der Waals surface area (Å²) in [4.78, 5) is 28.8. The van der Waals surface area contributed by atoms with Crippen LogP contribution in [0.5, 0.6) is 0 Å². The molecular weight excluding hydrogens is 454 g/mol. The molecule has 0 bridgehead atoms. The Labute approximate surface area is 236 Å². The Balaban J connectivity index is -0.000000441. The van der Waals surface area contributed by atoms with Gasteiger partial charge in [0.2, 0.25) is 0 Å². The van der Waals surface area contributed by atoms with Crippen LogP contribution in [0.2, 0.25) is 0 Å². The quantitative estimate of drug-likeness (QED) is 0.0996. The Morgan fingerprint density at radius 3 is 0.912 bits per heavy atom. The van der Waals surface area contributed by atoms with Crippen LogP contribution in [0, 0.1) is 0 Å². The first-order valence-electron chi connectivity index (χ1n) is 13.6. The van der Waals surface area contributed by atoms with Gasteiger partial charge in [0.15, 0.2) is 0 Å². The summed E-state index contributed by atoms with van der Waals surface area (Å²) in [6.07, 6.45) is 28.1. The van der Waals surface area contributed by atoms with Gasteiger partial charge >= 0.3 is 29.6 Å². The largest absolute Gasteiger partial charge is 1.00 e. The second-order valence-electron chi connectivity index (χ2n) is 9.14. The molecule has 4 nitrogen and oxygen atoms in total. The van der Waals surface area contributed by atoms with Crippen molar-refractivity contribution >= 4 is 26.4 Å². The van der Waals surface area contributed by atoms with E-state index in [4.69, 9.17) is 9.59 Å². The van der Waals surface area contributed by atoms with Gasteiger partial charge in [0, 0.05) is 6.92 Å². The van der Waals surface area contributed by atoms with Gasteiger partial charge in [-0.25, -0.2) is 0 Å². The fraction of sp³-hybridized carbons (Fsp3) is 0.893. The first-order valence-corrected chi connectivity index (χ1v) is 15.9. The van der Waals surface area contributed by atoms with Crippen molar-refractivity contribution in [3.05, 3.63) is 0 Å². The number of carbonyl (C=O) groups excluding carboxylic acids is 3. The van der Waals surface area contributed by atoms with Crippen molar-refractivity contribution in [2.24, 2.45) is 0 Å². The first-order chi connectivity index (χ1) is 15.6. The summed E-state index contributed by atoms with van der Waals surface area (Å²) in [5.41, 5.74) is 0.600. The zero-order chi connectivity index (χ0) is 24.9. The maximum atomic E-state index is 12.8.